The zero-order chi connectivity index (χ0) is 19.3. The Hall–Kier alpha value is -2.12. The molecule has 2 aromatic heterocycles. The Balaban J connectivity index is 1.50. The second-order valence-electron chi connectivity index (χ2n) is 6.92. The van der Waals surface area contributed by atoms with Crippen LogP contribution in [-0.2, 0) is 24.2 Å². The summed E-state index contributed by atoms with van der Waals surface area (Å²) in [4.78, 5) is 13.8. The summed E-state index contributed by atoms with van der Waals surface area (Å²) in [5.41, 5.74) is 3.51. The number of hydrogen-bond donors (Lipinski definition) is 1. The van der Waals surface area contributed by atoms with E-state index in [9.17, 15) is 4.79 Å². The predicted octanol–water partition coefficient (Wildman–Crippen LogP) is 5.03. The van der Waals surface area contributed by atoms with Crippen LogP contribution in [0.2, 0.25) is 0 Å². The van der Waals surface area contributed by atoms with Crippen LogP contribution in [0.3, 0.4) is 0 Å². The number of benzene rings is 1. The van der Waals surface area contributed by atoms with Gasteiger partial charge in [-0.25, -0.2) is 0 Å². The van der Waals surface area contributed by atoms with Gasteiger partial charge in [-0.1, -0.05) is 36.9 Å². The predicted molar refractivity (Wildman–Crippen MR) is 116 cm³/mol. The fraction of sp³-hybridized carbons (Fsp3) is 0.381. The minimum Gasteiger partial charge on any atom is -0.325 e. The number of para-hydroxylation sites is 1. The quantitative estimate of drug-likeness (QED) is 0.553. The molecule has 1 N–H and O–H groups in total. The number of nitrogens with one attached hydrogen (secondary N) is 1. The zero-order valence-electron chi connectivity index (χ0n) is 16.0. The number of carbonyl (C=O) groups excluding carboxylic acids is 1. The molecular formula is C21H24N4OS2. The summed E-state index contributed by atoms with van der Waals surface area (Å²) in [5.74, 6) is 1.24. The van der Waals surface area contributed by atoms with Gasteiger partial charge in [-0.3, -0.25) is 4.79 Å². The van der Waals surface area contributed by atoms with E-state index in [1.54, 1.807) is 0 Å². The standard InChI is InChI=1S/C21H24N4OS2/c1-2-12-25-20(17-13-27-18-11-7-6-10-16(17)18)23-24-21(25)28-14-19(26)22-15-8-4-3-5-9-15/h3-5,8-9,13H,2,6-7,10-12,14H2,1H3,(H,22,26). The molecule has 0 bridgehead atoms. The van der Waals surface area contributed by atoms with Crippen molar-refractivity contribution >= 4 is 34.7 Å². The van der Waals surface area contributed by atoms with Crippen molar-refractivity contribution in [3.05, 3.63) is 46.2 Å². The summed E-state index contributed by atoms with van der Waals surface area (Å²) in [6, 6.07) is 9.53. The first-order valence-electron chi connectivity index (χ1n) is 9.76. The van der Waals surface area contributed by atoms with Gasteiger partial charge in [0, 0.05) is 28.1 Å². The highest BCUT2D eigenvalue weighted by Gasteiger charge is 2.22. The summed E-state index contributed by atoms with van der Waals surface area (Å²) < 4.78 is 2.18. The number of carbonyl (C=O) groups is 1. The minimum atomic E-state index is -0.0308. The number of hydrogen-bond acceptors (Lipinski definition) is 5. The van der Waals surface area contributed by atoms with Crippen LogP contribution in [0.4, 0.5) is 5.69 Å². The van der Waals surface area contributed by atoms with E-state index < -0.39 is 0 Å². The second-order valence-corrected chi connectivity index (χ2v) is 8.83. The Kier molecular flexibility index (Phi) is 6.12. The topological polar surface area (TPSA) is 59.8 Å². The third-order valence-corrected chi connectivity index (χ3v) is 6.91. The van der Waals surface area contributed by atoms with Gasteiger partial charge in [-0.05, 0) is 49.8 Å². The SMILES string of the molecule is CCCn1c(SCC(=O)Nc2ccccc2)nnc1-c1csc2c1CCCC2. The van der Waals surface area contributed by atoms with Gasteiger partial charge in [0.15, 0.2) is 11.0 Å². The van der Waals surface area contributed by atoms with E-state index >= 15 is 0 Å². The molecule has 1 aromatic carbocycles. The maximum absolute atomic E-state index is 12.3. The number of thiophene rings is 1. The molecule has 0 unspecified atom stereocenters. The lowest BCUT2D eigenvalue weighted by molar-refractivity contribution is -0.113. The van der Waals surface area contributed by atoms with Crippen molar-refractivity contribution in [2.24, 2.45) is 0 Å². The zero-order valence-corrected chi connectivity index (χ0v) is 17.6. The number of thioether (sulfide) groups is 1. The third kappa shape index (κ3) is 4.15. The molecule has 1 aliphatic rings. The maximum atomic E-state index is 12.3. The van der Waals surface area contributed by atoms with Gasteiger partial charge in [0.1, 0.15) is 0 Å². The summed E-state index contributed by atoms with van der Waals surface area (Å²) in [6.45, 7) is 3.01. The molecule has 0 atom stereocenters. The van der Waals surface area contributed by atoms with Crippen molar-refractivity contribution in [2.75, 3.05) is 11.1 Å². The van der Waals surface area contributed by atoms with Crippen molar-refractivity contribution in [3.63, 3.8) is 0 Å². The van der Waals surface area contributed by atoms with Crippen molar-refractivity contribution in [1.82, 2.24) is 14.8 Å². The van der Waals surface area contributed by atoms with Crippen LogP contribution in [0, 0.1) is 0 Å². The monoisotopic (exact) mass is 412 g/mol. The molecule has 146 valence electrons. The lowest BCUT2D eigenvalue weighted by Gasteiger charge is -2.13. The van der Waals surface area contributed by atoms with E-state index in [4.69, 9.17) is 0 Å². The number of fused-ring (bicyclic) bond motifs is 1. The number of rotatable bonds is 7. The second kappa shape index (κ2) is 8.92. The first kappa shape index (κ1) is 19.2. The molecule has 0 aliphatic heterocycles. The number of nitrogens with zero attached hydrogens (tertiary/aromatic N) is 3. The summed E-state index contributed by atoms with van der Waals surface area (Å²) in [5, 5.41) is 14.9. The number of aromatic nitrogens is 3. The fourth-order valence-electron chi connectivity index (χ4n) is 3.55. The molecule has 0 radical (unpaired) electrons. The third-order valence-electron chi connectivity index (χ3n) is 4.86. The molecule has 7 heteroatoms. The number of anilines is 1. The first-order valence-corrected chi connectivity index (χ1v) is 11.6. The highest BCUT2D eigenvalue weighted by Crippen LogP contribution is 2.36. The smallest absolute Gasteiger partial charge is 0.234 e. The van der Waals surface area contributed by atoms with E-state index in [2.05, 4.69) is 32.4 Å². The van der Waals surface area contributed by atoms with Crippen molar-refractivity contribution in [2.45, 2.75) is 50.7 Å². The Bertz CT molecular complexity index is 949. The van der Waals surface area contributed by atoms with E-state index in [0.29, 0.717) is 5.75 Å². The van der Waals surface area contributed by atoms with E-state index in [1.165, 1.54) is 47.0 Å². The average molecular weight is 413 g/mol. The van der Waals surface area contributed by atoms with E-state index in [0.717, 1.165) is 36.1 Å². The molecule has 2 heterocycles. The molecule has 0 fully saturated rings. The van der Waals surface area contributed by atoms with Gasteiger partial charge in [0.2, 0.25) is 5.91 Å². The van der Waals surface area contributed by atoms with Crippen molar-refractivity contribution < 1.29 is 4.79 Å². The summed E-state index contributed by atoms with van der Waals surface area (Å²) in [7, 11) is 0. The lowest BCUT2D eigenvalue weighted by atomic mass is 9.95. The molecular weight excluding hydrogens is 388 g/mol. The van der Waals surface area contributed by atoms with Crippen LogP contribution in [0.15, 0.2) is 40.9 Å². The number of amides is 1. The Morgan fingerprint density at radius 1 is 1.21 bits per heavy atom. The minimum absolute atomic E-state index is 0.0308. The largest absolute Gasteiger partial charge is 0.325 e. The van der Waals surface area contributed by atoms with Crippen molar-refractivity contribution in [1.29, 1.82) is 0 Å². The fourth-order valence-corrected chi connectivity index (χ4v) is 5.44. The van der Waals surface area contributed by atoms with Gasteiger partial charge >= 0.3 is 0 Å². The molecule has 0 saturated heterocycles. The maximum Gasteiger partial charge on any atom is 0.234 e. The molecule has 1 aliphatic carbocycles. The molecule has 5 nitrogen and oxygen atoms in total. The summed E-state index contributed by atoms with van der Waals surface area (Å²) >= 11 is 3.30. The Morgan fingerprint density at radius 2 is 2.04 bits per heavy atom. The molecule has 4 rings (SSSR count). The van der Waals surface area contributed by atoms with Crippen LogP contribution >= 0.6 is 23.1 Å². The van der Waals surface area contributed by atoms with Gasteiger partial charge in [0.25, 0.3) is 0 Å². The summed E-state index contributed by atoms with van der Waals surface area (Å²) in [6.07, 6.45) is 5.85. The highest BCUT2D eigenvalue weighted by atomic mass is 32.2. The lowest BCUT2D eigenvalue weighted by Crippen LogP contribution is -2.14. The highest BCUT2D eigenvalue weighted by molar-refractivity contribution is 7.99. The first-order chi connectivity index (χ1) is 13.8. The molecule has 0 saturated carbocycles. The van der Waals surface area contributed by atoms with Gasteiger partial charge in [-0.15, -0.1) is 21.5 Å². The number of aryl methyl sites for hydroxylation is 1. The van der Waals surface area contributed by atoms with Crippen LogP contribution in [-0.4, -0.2) is 26.4 Å². The molecule has 0 spiro atoms. The van der Waals surface area contributed by atoms with Gasteiger partial charge in [-0.2, -0.15) is 0 Å². The van der Waals surface area contributed by atoms with E-state index in [-0.39, 0.29) is 5.91 Å². The van der Waals surface area contributed by atoms with Gasteiger partial charge < -0.3 is 9.88 Å². The normalized spacial score (nSPS) is 13.3. The van der Waals surface area contributed by atoms with Crippen LogP contribution in [0.5, 0.6) is 0 Å². The van der Waals surface area contributed by atoms with Crippen LogP contribution < -0.4 is 5.32 Å². The van der Waals surface area contributed by atoms with Crippen molar-refractivity contribution in [3.8, 4) is 11.4 Å². The van der Waals surface area contributed by atoms with Crippen LogP contribution in [0.25, 0.3) is 11.4 Å². The van der Waals surface area contributed by atoms with Gasteiger partial charge in [0.05, 0.1) is 5.75 Å². The van der Waals surface area contributed by atoms with Crippen LogP contribution in [0.1, 0.15) is 36.6 Å². The average Bonchev–Trinajstić information content (AvgIpc) is 3.31. The Labute approximate surface area is 173 Å². The van der Waals surface area contributed by atoms with E-state index in [1.807, 2.05) is 41.7 Å². The molecule has 28 heavy (non-hydrogen) atoms. The Morgan fingerprint density at radius 3 is 2.86 bits per heavy atom. The molecule has 3 aromatic rings. The molecule has 1 amide bonds.